The van der Waals surface area contributed by atoms with Gasteiger partial charge in [0.05, 0.1) is 5.41 Å². The first kappa shape index (κ1) is 13.0. The van der Waals surface area contributed by atoms with Crippen LogP contribution in [0.4, 0.5) is 0 Å². The van der Waals surface area contributed by atoms with Gasteiger partial charge in [0.1, 0.15) is 0 Å². The first-order valence-corrected chi connectivity index (χ1v) is 5.86. The lowest BCUT2D eigenvalue weighted by atomic mass is 9.81. The molecule has 3 nitrogen and oxygen atoms in total. The number of rotatable bonds is 5. The Labute approximate surface area is 98.2 Å². The molecule has 1 unspecified atom stereocenters. The van der Waals surface area contributed by atoms with Crippen molar-refractivity contribution in [3.05, 3.63) is 25.3 Å². The summed E-state index contributed by atoms with van der Waals surface area (Å²) in [4.78, 5) is 14.2. The molecule has 1 N–H and O–H groups in total. The van der Waals surface area contributed by atoms with Gasteiger partial charge in [-0.1, -0.05) is 12.2 Å². The van der Waals surface area contributed by atoms with Crippen LogP contribution < -0.4 is 5.32 Å². The van der Waals surface area contributed by atoms with Crippen molar-refractivity contribution in [2.24, 2.45) is 5.41 Å². The summed E-state index contributed by atoms with van der Waals surface area (Å²) in [6.45, 7) is 12.4. The zero-order valence-electron chi connectivity index (χ0n) is 10.2. The van der Waals surface area contributed by atoms with E-state index < -0.39 is 0 Å². The Morgan fingerprint density at radius 1 is 1.44 bits per heavy atom. The van der Waals surface area contributed by atoms with Crippen LogP contribution in [0.2, 0.25) is 0 Å². The van der Waals surface area contributed by atoms with Crippen LogP contribution in [-0.4, -0.2) is 37.0 Å². The maximum Gasteiger partial charge on any atom is 0.230 e. The van der Waals surface area contributed by atoms with Crippen LogP contribution in [0.15, 0.2) is 25.3 Å². The largest absolute Gasteiger partial charge is 0.335 e. The van der Waals surface area contributed by atoms with Gasteiger partial charge in [0.15, 0.2) is 0 Å². The zero-order chi connectivity index (χ0) is 12.0. The predicted molar refractivity (Wildman–Crippen MR) is 67.2 cm³/mol. The van der Waals surface area contributed by atoms with Crippen LogP contribution in [0.3, 0.4) is 0 Å². The van der Waals surface area contributed by atoms with E-state index in [1.54, 1.807) is 12.2 Å². The predicted octanol–water partition coefficient (Wildman–Crippen LogP) is 1.58. The lowest BCUT2D eigenvalue weighted by Crippen LogP contribution is -2.50. The SMILES string of the molecule is C=CCN(CC=C)C(=O)C1(C)CCCNC1. The van der Waals surface area contributed by atoms with Gasteiger partial charge in [-0.05, 0) is 26.3 Å². The third-order valence-electron chi connectivity index (χ3n) is 3.10. The average Bonchev–Trinajstić information content (AvgIpc) is 2.29. The van der Waals surface area contributed by atoms with Crippen LogP contribution in [-0.2, 0) is 4.79 Å². The van der Waals surface area contributed by atoms with E-state index in [9.17, 15) is 4.79 Å². The minimum atomic E-state index is -0.260. The Hall–Kier alpha value is -1.09. The third kappa shape index (κ3) is 2.95. The molecule has 0 spiro atoms. The summed E-state index contributed by atoms with van der Waals surface area (Å²) in [5, 5.41) is 3.30. The number of hydrogen-bond acceptors (Lipinski definition) is 2. The standard InChI is InChI=1S/C13H22N2O/c1-4-9-15(10-5-2)12(16)13(3)7-6-8-14-11-13/h4-5,14H,1-2,6-11H2,3H3. The molecular formula is C13H22N2O. The Morgan fingerprint density at radius 3 is 2.50 bits per heavy atom. The van der Waals surface area contributed by atoms with Crippen molar-refractivity contribution in [3.8, 4) is 0 Å². The number of nitrogens with zero attached hydrogens (tertiary/aromatic N) is 1. The highest BCUT2D eigenvalue weighted by Crippen LogP contribution is 2.27. The second-order valence-electron chi connectivity index (χ2n) is 4.63. The van der Waals surface area contributed by atoms with Crippen molar-refractivity contribution in [3.63, 3.8) is 0 Å². The lowest BCUT2D eigenvalue weighted by Gasteiger charge is -2.36. The summed E-state index contributed by atoms with van der Waals surface area (Å²) in [6, 6.07) is 0. The lowest BCUT2D eigenvalue weighted by molar-refractivity contribution is -0.141. The Bertz CT molecular complexity index is 257. The summed E-state index contributed by atoms with van der Waals surface area (Å²) in [5.74, 6) is 0.208. The van der Waals surface area contributed by atoms with Crippen LogP contribution >= 0.6 is 0 Å². The molecule has 3 heteroatoms. The molecule has 1 atom stereocenters. The molecule has 0 aromatic heterocycles. The van der Waals surface area contributed by atoms with Crippen LogP contribution in [0.25, 0.3) is 0 Å². The molecule has 0 saturated carbocycles. The number of hydrogen-bond donors (Lipinski definition) is 1. The Morgan fingerprint density at radius 2 is 2.06 bits per heavy atom. The van der Waals surface area contributed by atoms with Gasteiger partial charge in [-0.3, -0.25) is 4.79 Å². The second-order valence-corrected chi connectivity index (χ2v) is 4.63. The maximum atomic E-state index is 12.4. The molecule has 0 aromatic rings. The average molecular weight is 222 g/mol. The molecule has 0 aliphatic carbocycles. The summed E-state index contributed by atoms with van der Waals surface area (Å²) in [5.41, 5.74) is -0.260. The van der Waals surface area contributed by atoms with E-state index in [1.165, 1.54) is 0 Å². The van der Waals surface area contributed by atoms with Gasteiger partial charge in [-0.2, -0.15) is 0 Å². The van der Waals surface area contributed by atoms with Gasteiger partial charge >= 0.3 is 0 Å². The molecule has 1 aliphatic heterocycles. The van der Waals surface area contributed by atoms with Crippen LogP contribution in [0, 0.1) is 5.41 Å². The Balaban J connectivity index is 2.70. The van der Waals surface area contributed by atoms with Crippen molar-refractivity contribution in [1.29, 1.82) is 0 Å². The summed E-state index contributed by atoms with van der Waals surface area (Å²) >= 11 is 0. The topological polar surface area (TPSA) is 32.3 Å². The summed E-state index contributed by atoms with van der Waals surface area (Å²) < 4.78 is 0. The number of nitrogens with one attached hydrogen (secondary N) is 1. The molecule has 0 bridgehead atoms. The van der Waals surface area contributed by atoms with E-state index in [0.717, 1.165) is 25.9 Å². The van der Waals surface area contributed by atoms with Crippen LogP contribution in [0.1, 0.15) is 19.8 Å². The quantitative estimate of drug-likeness (QED) is 0.716. The van der Waals surface area contributed by atoms with Crippen molar-refractivity contribution >= 4 is 5.91 Å². The summed E-state index contributed by atoms with van der Waals surface area (Å²) in [6.07, 6.45) is 5.56. The molecule has 1 fully saturated rings. The molecule has 16 heavy (non-hydrogen) atoms. The monoisotopic (exact) mass is 222 g/mol. The van der Waals surface area contributed by atoms with Crippen molar-refractivity contribution in [1.82, 2.24) is 10.2 Å². The Kier molecular flexibility index (Phi) is 4.74. The van der Waals surface area contributed by atoms with Crippen molar-refractivity contribution in [2.45, 2.75) is 19.8 Å². The fraction of sp³-hybridized carbons (Fsp3) is 0.615. The molecule has 1 amide bonds. The fourth-order valence-corrected chi connectivity index (χ4v) is 2.17. The van der Waals surface area contributed by atoms with E-state index in [1.807, 2.05) is 11.8 Å². The van der Waals surface area contributed by atoms with E-state index >= 15 is 0 Å². The smallest absolute Gasteiger partial charge is 0.230 e. The summed E-state index contributed by atoms with van der Waals surface area (Å²) in [7, 11) is 0. The highest BCUT2D eigenvalue weighted by atomic mass is 16.2. The number of amides is 1. The van der Waals surface area contributed by atoms with E-state index in [4.69, 9.17) is 0 Å². The van der Waals surface area contributed by atoms with Gasteiger partial charge in [0, 0.05) is 19.6 Å². The van der Waals surface area contributed by atoms with E-state index in [0.29, 0.717) is 13.1 Å². The molecule has 0 aromatic carbocycles. The second kappa shape index (κ2) is 5.85. The van der Waals surface area contributed by atoms with Gasteiger partial charge in [-0.15, -0.1) is 13.2 Å². The van der Waals surface area contributed by atoms with Gasteiger partial charge in [0.25, 0.3) is 0 Å². The van der Waals surface area contributed by atoms with Crippen LogP contribution in [0.5, 0.6) is 0 Å². The molecule has 1 saturated heterocycles. The minimum Gasteiger partial charge on any atom is -0.335 e. The first-order valence-electron chi connectivity index (χ1n) is 5.86. The molecule has 0 radical (unpaired) electrons. The maximum absolute atomic E-state index is 12.4. The zero-order valence-corrected chi connectivity index (χ0v) is 10.2. The molecule has 1 aliphatic rings. The van der Waals surface area contributed by atoms with Gasteiger partial charge < -0.3 is 10.2 Å². The first-order chi connectivity index (χ1) is 7.64. The molecular weight excluding hydrogens is 200 g/mol. The molecule has 1 heterocycles. The number of carbonyl (C=O) groups is 1. The normalized spacial score (nSPS) is 24.8. The van der Waals surface area contributed by atoms with Crippen molar-refractivity contribution in [2.75, 3.05) is 26.2 Å². The van der Waals surface area contributed by atoms with Gasteiger partial charge in [0.2, 0.25) is 5.91 Å². The number of carbonyl (C=O) groups excluding carboxylic acids is 1. The minimum absolute atomic E-state index is 0.208. The fourth-order valence-electron chi connectivity index (χ4n) is 2.17. The van der Waals surface area contributed by atoms with Crippen molar-refractivity contribution < 1.29 is 4.79 Å². The highest BCUT2D eigenvalue weighted by Gasteiger charge is 2.36. The van der Waals surface area contributed by atoms with Gasteiger partial charge in [-0.25, -0.2) is 0 Å². The third-order valence-corrected chi connectivity index (χ3v) is 3.10. The number of piperidine rings is 1. The highest BCUT2D eigenvalue weighted by molar-refractivity contribution is 5.83. The van der Waals surface area contributed by atoms with E-state index in [-0.39, 0.29) is 11.3 Å². The van der Waals surface area contributed by atoms with E-state index in [2.05, 4.69) is 18.5 Å². The molecule has 1 rings (SSSR count). The molecule has 90 valence electrons.